The van der Waals surface area contributed by atoms with Crippen molar-refractivity contribution < 1.29 is 9.59 Å². The molecule has 2 N–H and O–H groups in total. The number of carbonyl (C=O) groups is 2. The van der Waals surface area contributed by atoms with Crippen molar-refractivity contribution >= 4 is 33.5 Å². The molecule has 0 spiro atoms. The zero-order valence-corrected chi connectivity index (χ0v) is 15.1. The number of rotatable bonds is 5. The number of halogens is 1. The molecule has 0 atom stereocenters. The van der Waals surface area contributed by atoms with Gasteiger partial charge in [0.2, 0.25) is 0 Å². The lowest BCUT2D eigenvalue weighted by Crippen LogP contribution is -2.35. The van der Waals surface area contributed by atoms with E-state index in [4.69, 9.17) is 0 Å². The maximum Gasteiger partial charge on any atom is 0.259 e. The fourth-order valence-electron chi connectivity index (χ4n) is 1.95. The smallest absolute Gasteiger partial charge is 0.259 e. The number of hydrogen-bond acceptors (Lipinski definition) is 3. The van der Waals surface area contributed by atoms with Gasteiger partial charge in [-0.2, -0.15) is 5.10 Å². The second kappa shape index (κ2) is 8.40. The van der Waals surface area contributed by atoms with E-state index in [0.717, 1.165) is 11.1 Å². The number of nitrogens with zero attached hydrogens (tertiary/aromatic N) is 1. The van der Waals surface area contributed by atoms with Gasteiger partial charge in [-0.1, -0.05) is 42.0 Å². The van der Waals surface area contributed by atoms with Gasteiger partial charge < -0.3 is 5.32 Å². The molecule has 0 unspecified atom stereocenters. The van der Waals surface area contributed by atoms with Crippen LogP contribution < -0.4 is 10.7 Å². The Bertz CT molecular complexity index is 770. The first-order valence-corrected chi connectivity index (χ1v) is 8.19. The summed E-state index contributed by atoms with van der Waals surface area (Å²) in [6.07, 6.45) is 0. The van der Waals surface area contributed by atoms with Gasteiger partial charge >= 0.3 is 0 Å². The average molecular weight is 388 g/mol. The number of carbonyl (C=O) groups excluding carboxylic acids is 2. The lowest BCUT2D eigenvalue weighted by atomic mass is 10.1. The standard InChI is InChI=1S/C18H18BrN3O2/c1-12-7-9-14(10-8-12)13(2)21-22-17(23)11-20-18(24)15-5-3-4-6-16(15)19/h3-10H,11H2,1-2H3,(H,20,24)(H,22,23). The molecule has 0 aromatic heterocycles. The number of amides is 2. The summed E-state index contributed by atoms with van der Waals surface area (Å²) >= 11 is 3.30. The summed E-state index contributed by atoms with van der Waals surface area (Å²) in [5.41, 5.74) is 5.70. The van der Waals surface area contributed by atoms with Gasteiger partial charge in [-0.25, -0.2) is 5.43 Å². The van der Waals surface area contributed by atoms with E-state index in [-0.39, 0.29) is 18.4 Å². The van der Waals surface area contributed by atoms with Gasteiger partial charge in [0.05, 0.1) is 17.8 Å². The summed E-state index contributed by atoms with van der Waals surface area (Å²) < 4.78 is 0.677. The third-order valence-electron chi connectivity index (χ3n) is 3.35. The van der Waals surface area contributed by atoms with Crippen LogP contribution in [0.25, 0.3) is 0 Å². The van der Waals surface area contributed by atoms with Crippen LogP contribution in [0.2, 0.25) is 0 Å². The molecule has 0 aliphatic carbocycles. The van der Waals surface area contributed by atoms with E-state index in [1.54, 1.807) is 18.2 Å². The molecular weight excluding hydrogens is 370 g/mol. The number of hydrazone groups is 1. The molecule has 24 heavy (non-hydrogen) atoms. The maximum atomic E-state index is 12.0. The van der Waals surface area contributed by atoms with Crippen molar-refractivity contribution in [2.45, 2.75) is 13.8 Å². The van der Waals surface area contributed by atoms with Crippen LogP contribution in [0.4, 0.5) is 0 Å². The van der Waals surface area contributed by atoms with Crippen LogP contribution >= 0.6 is 15.9 Å². The Hall–Kier alpha value is -2.47. The van der Waals surface area contributed by atoms with E-state index in [1.165, 1.54) is 0 Å². The molecule has 0 heterocycles. The van der Waals surface area contributed by atoms with Crippen LogP contribution in [0.1, 0.15) is 28.4 Å². The molecule has 2 amide bonds. The van der Waals surface area contributed by atoms with Crippen LogP contribution in [0, 0.1) is 6.92 Å². The Morgan fingerprint density at radius 1 is 1.08 bits per heavy atom. The molecule has 2 aromatic rings. The second-order valence-electron chi connectivity index (χ2n) is 5.26. The lowest BCUT2D eigenvalue weighted by molar-refractivity contribution is -0.120. The van der Waals surface area contributed by atoms with Gasteiger partial charge in [-0.3, -0.25) is 9.59 Å². The zero-order chi connectivity index (χ0) is 17.5. The van der Waals surface area contributed by atoms with E-state index in [9.17, 15) is 9.59 Å². The minimum Gasteiger partial charge on any atom is -0.343 e. The summed E-state index contributed by atoms with van der Waals surface area (Å²) in [5, 5.41) is 6.61. The molecule has 6 heteroatoms. The summed E-state index contributed by atoms with van der Waals surface area (Å²) in [4.78, 5) is 23.8. The predicted octanol–water partition coefficient (Wildman–Crippen LogP) is 3.03. The zero-order valence-electron chi connectivity index (χ0n) is 13.5. The van der Waals surface area contributed by atoms with E-state index in [0.29, 0.717) is 15.7 Å². The summed E-state index contributed by atoms with van der Waals surface area (Å²) in [7, 11) is 0. The van der Waals surface area contributed by atoms with Crippen LogP contribution in [-0.4, -0.2) is 24.1 Å². The topological polar surface area (TPSA) is 70.6 Å². The first kappa shape index (κ1) is 17.9. The Morgan fingerprint density at radius 2 is 1.75 bits per heavy atom. The maximum absolute atomic E-state index is 12.0. The molecule has 0 aliphatic heterocycles. The highest BCUT2D eigenvalue weighted by Gasteiger charge is 2.10. The normalized spacial score (nSPS) is 11.0. The molecule has 0 saturated carbocycles. The Kier molecular flexibility index (Phi) is 6.26. The van der Waals surface area contributed by atoms with Gasteiger partial charge in [0.1, 0.15) is 0 Å². The second-order valence-corrected chi connectivity index (χ2v) is 6.12. The molecule has 0 saturated heterocycles. The summed E-state index contributed by atoms with van der Waals surface area (Å²) in [5.74, 6) is -0.710. The fraction of sp³-hybridized carbons (Fsp3) is 0.167. The first-order valence-electron chi connectivity index (χ1n) is 7.40. The van der Waals surface area contributed by atoms with Crippen molar-refractivity contribution in [3.05, 3.63) is 69.7 Å². The minimum atomic E-state index is -0.387. The van der Waals surface area contributed by atoms with Crippen LogP contribution in [0.15, 0.2) is 58.1 Å². The molecule has 0 fully saturated rings. The highest BCUT2D eigenvalue weighted by atomic mass is 79.9. The SMILES string of the molecule is CC(=NNC(=O)CNC(=O)c1ccccc1Br)c1ccc(C)cc1. The van der Waals surface area contributed by atoms with Crippen LogP contribution in [0.5, 0.6) is 0 Å². The molecule has 5 nitrogen and oxygen atoms in total. The Labute approximate surface area is 149 Å². The summed E-state index contributed by atoms with van der Waals surface area (Å²) in [6.45, 7) is 3.67. The summed E-state index contributed by atoms with van der Waals surface area (Å²) in [6, 6.07) is 14.9. The molecule has 124 valence electrons. The number of aryl methyl sites for hydroxylation is 1. The van der Waals surface area contributed by atoms with E-state index >= 15 is 0 Å². The van der Waals surface area contributed by atoms with E-state index < -0.39 is 0 Å². The van der Waals surface area contributed by atoms with Crippen LogP contribution in [0.3, 0.4) is 0 Å². The van der Waals surface area contributed by atoms with Gasteiger partial charge in [-0.05, 0) is 47.5 Å². The van der Waals surface area contributed by atoms with Gasteiger partial charge in [-0.15, -0.1) is 0 Å². The van der Waals surface area contributed by atoms with E-state index in [1.807, 2.05) is 44.2 Å². The molecule has 0 bridgehead atoms. The number of benzene rings is 2. The first-order chi connectivity index (χ1) is 11.5. The third-order valence-corrected chi connectivity index (χ3v) is 4.04. The van der Waals surface area contributed by atoms with Crippen molar-refractivity contribution in [2.24, 2.45) is 5.10 Å². The van der Waals surface area contributed by atoms with Gasteiger partial charge in [0.15, 0.2) is 0 Å². The average Bonchev–Trinajstić information content (AvgIpc) is 2.58. The Morgan fingerprint density at radius 3 is 2.42 bits per heavy atom. The Balaban J connectivity index is 1.87. The number of hydrogen-bond donors (Lipinski definition) is 2. The predicted molar refractivity (Wildman–Crippen MR) is 98.0 cm³/mol. The van der Waals surface area contributed by atoms with Gasteiger partial charge in [0, 0.05) is 4.47 Å². The van der Waals surface area contributed by atoms with Crippen molar-refractivity contribution in [3.8, 4) is 0 Å². The van der Waals surface area contributed by atoms with Crippen LogP contribution in [-0.2, 0) is 4.79 Å². The van der Waals surface area contributed by atoms with Crippen molar-refractivity contribution in [1.82, 2.24) is 10.7 Å². The third kappa shape index (κ3) is 5.03. The molecule has 2 rings (SSSR count). The quantitative estimate of drug-likeness (QED) is 0.611. The van der Waals surface area contributed by atoms with Crippen molar-refractivity contribution in [3.63, 3.8) is 0 Å². The molecule has 0 aliphatic rings. The number of nitrogens with one attached hydrogen (secondary N) is 2. The monoisotopic (exact) mass is 387 g/mol. The molecule has 2 aromatic carbocycles. The van der Waals surface area contributed by atoms with Crippen molar-refractivity contribution in [1.29, 1.82) is 0 Å². The molecule has 0 radical (unpaired) electrons. The highest BCUT2D eigenvalue weighted by molar-refractivity contribution is 9.10. The van der Waals surface area contributed by atoms with Gasteiger partial charge in [0.25, 0.3) is 11.8 Å². The fourth-order valence-corrected chi connectivity index (χ4v) is 2.41. The largest absolute Gasteiger partial charge is 0.343 e. The lowest BCUT2D eigenvalue weighted by Gasteiger charge is -2.06. The minimum absolute atomic E-state index is 0.148. The molecular formula is C18H18BrN3O2. The van der Waals surface area contributed by atoms with E-state index in [2.05, 4.69) is 31.8 Å². The van der Waals surface area contributed by atoms with Crippen molar-refractivity contribution in [2.75, 3.05) is 6.54 Å². The highest BCUT2D eigenvalue weighted by Crippen LogP contribution is 2.15.